The number of carbonyl (C=O) groups is 3. The Morgan fingerprint density at radius 2 is 1.63 bits per heavy atom. The van der Waals surface area contributed by atoms with Gasteiger partial charge in [0.25, 0.3) is 0 Å². The third-order valence-electron chi connectivity index (χ3n) is 5.80. The third-order valence-corrected chi connectivity index (χ3v) is 5.80. The van der Waals surface area contributed by atoms with E-state index in [1.165, 1.54) is 0 Å². The molecule has 0 saturated heterocycles. The summed E-state index contributed by atoms with van der Waals surface area (Å²) in [5.74, 6) is -1.57. The molecule has 0 saturated carbocycles. The van der Waals surface area contributed by atoms with Crippen LogP contribution in [0, 0.1) is 0 Å². The van der Waals surface area contributed by atoms with Crippen molar-refractivity contribution in [2.45, 2.75) is 18.4 Å². The van der Waals surface area contributed by atoms with Crippen LogP contribution in [0.2, 0.25) is 0 Å². The Morgan fingerprint density at radius 3 is 2.23 bits per heavy atom. The molecule has 9 heteroatoms. The summed E-state index contributed by atoms with van der Waals surface area (Å²) in [5, 5.41) is 14.3. The highest BCUT2D eigenvalue weighted by atomic mass is 16.5. The summed E-state index contributed by atoms with van der Waals surface area (Å²) in [6.45, 7) is 0.0503. The summed E-state index contributed by atoms with van der Waals surface area (Å²) in [5.41, 5.74) is 4.68. The number of pyridine rings is 1. The van der Waals surface area contributed by atoms with Crippen molar-refractivity contribution in [3.05, 3.63) is 78.0 Å². The van der Waals surface area contributed by atoms with Gasteiger partial charge in [-0.2, -0.15) is 0 Å². The minimum atomic E-state index is -1.33. The Balaban J connectivity index is 1.44. The second kappa shape index (κ2) is 10.3. The fraction of sp³-hybridized carbons (Fsp3) is 0.231. The second-order valence-electron chi connectivity index (χ2n) is 8.38. The molecule has 1 aliphatic rings. The summed E-state index contributed by atoms with van der Waals surface area (Å²) in [6, 6.07) is 17.8. The molecule has 2 amide bonds. The van der Waals surface area contributed by atoms with Crippen molar-refractivity contribution in [1.29, 1.82) is 0 Å². The van der Waals surface area contributed by atoms with Gasteiger partial charge in [-0.1, -0.05) is 48.5 Å². The number of ether oxygens (including phenoxy) is 1. The number of fused-ring (bicyclic) bond motifs is 3. The van der Waals surface area contributed by atoms with E-state index >= 15 is 0 Å². The first-order valence-corrected chi connectivity index (χ1v) is 11.1. The topological polar surface area (TPSA) is 121 Å². The zero-order chi connectivity index (χ0) is 24.9. The average molecular weight is 475 g/mol. The fourth-order valence-electron chi connectivity index (χ4n) is 4.24. The van der Waals surface area contributed by atoms with E-state index in [2.05, 4.69) is 15.6 Å². The molecule has 1 unspecified atom stereocenters. The van der Waals surface area contributed by atoms with Crippen LogP contribution in [0.3, 0.4) is 0 Å². The van der Waals surface area contributed by atoms with Gasteiger partial charge in [0.15, 0.2) is 5.82 Å². The summed E-state index contributed by atoms with van der Waals surface area (Å²) >= 11 is 0. The van der Waals surface area contributed by atoms with Crippen molar-refractivity contribution in [1.82, 2.24) is 10.3 Å². The number of aromatic nitrogens is 1. The molecule has 3 aromatic rings. The lowest BCUT2D eigenvalue weighted by atomic mass is 9.98. The normalized spacial score (nSPS) is 12.7. The van der Waals surface area contributed by atoms with Crippen molar-refractivity contribution >= 4 is 29.5 Å². The molecule has 1 aromatic heterocycles. The molecule has 0 aliphatic heterocycles. The predicted octanol–water partition coefficient (Wildman–Crippen LogP) is 3.47. The first kappa shape index (κ1) is 23.7. The summed E-state index contributed by atoms with van der Waals surface area (Å²) in [6.07, 6.45) is 0.106. The van der Waals surface area contributed by atoms with E-state index in [-0.39, 0.29) is 12.5 Å². The summed E-state index contributed by atoms with van der Waals surface area (Å²) < 4.78 is 5.47. The van der Waals surface area contributed by atoms with Gasteiger partial charge in [0.2, 0.25) is 5.91 Å². The number of hydrogen-bond donors (Lipinski definition) is 3. The van der Waals surface area contributed by atoms with Crippen LogP contribution in [0.5, 0.6) is 0 Å². The standard InChI is InChI=1S/C26H26N4O5/c1-30(2)24-21(12-7-13-27-24)28-25(33)22(14-23(31)32)29-26(34)35-15-20-18-10-5-3-8-16(18)17-9-4-6-11-19(17)20/h3-13,20,22H,14-15H2,1-2H3,(H,28,33)(H,29,34)(H,31,32). The lowest BCUT2D eigenvalue weighted by Crippen LogP contribution is -2.45. The first-order valence-electron chi connectivity index (χ1n) is 11.1. The van der Waals surface area contributed by atoms with Gasteiger partial charge in [0, 0.05) is 26.2 Å². The molecule has 4 rings (SSSR count). The van der Waals surface area contributed by atoms with Gasteiger partial charge in [-0.3, -0.25) is 9.59 Å². The molecule has 1 atom stereocenters. The molecule has 1 heterocycles. The van der Waals surface area contributed by atoms with Crippen molar-refractivity contribution in [2.75, 3.05) is 30.9 Å². The number of rotatable bonds is 8. The molecule has 0 spiro atoms. The molecule has 0 bridgehead atoms. The number of amides is 2. The number of benzene rings is 2. The van der Waals surface area contributed by atoms with Crippen LogP contribution >= 0.6 is 0 Å². The second-order valence-corrected chi connectivity index (χ2v) is 8.38. The maximum absolute atomic E-state index is 12.9. The largest absolute Gasteiger partial charge is 0.481 e. The van der Waals surface area contributed by atoms with E-state index < -0.39 is 30.4 Å². The molecular formula is C26H26N4O5. The number of anilines is 2. The fourth-order valence-corrected chi connectivity index (χ4v) is 4.24. The van der Waals surface area contributed by atoms with Gasteiger partial charge in [0.1, 0.15) is 12.6 Å². The first-order chi connectivity index (χ1) is 16.8. The SMILES string of the molecule is CN(C)c1ncccc1NC(=O)C(CC(=O)O)NC(=O)OCC1c2ccccc2-c2ccccc21. The highest BCUT2D eigenvalue weighted by Crippen LogP contribution is 2.44. The quantitative estimate of drug-likeness (QED) is 0.457. The average Bonchev–Trinajstić information content (AvgIpc) is 3.16. The number of carbonyl (C=O) groups excluding carboxylic acids is 2. The third kappa shape index (κ3) is 5.24. The lowest BCUT2D eigenvalue weighted by molar-refractivity contribution is -0.139. The van der Waals surface area contributed by atoms with E-state index in [0.717, 1.165) is 22.3 Å². The van der Waals surface area contributed by atoms with Crippen LogP contribution in [0.4, 0.5) is 16.3 Å². The number of nitrogens with zero attached hydrogens (tertiary/aromatic N) is 2. The van der Waals surface area contributed by atoms with Crippen LogP contribution in [0.1, 0.15) is 23.5 Å². The van der Waals surface area contributed by atoms with Crippen molar-refractivity contribution in [3.8, 4) is 11.1 Å². The zero-order valence-electron chi connectivity index (χ0n) is 19.4. The maximum Gasteiger partial charge on any atom is 0.407 e. The Hall–Kier alpha value is -4.40. The molecule has 3 N–H and O–H groups in total. The summed E-state index contributed by atoms with van der Waals surface area (Å²) in [7, 11) is 3.53. The van der Waals surface area contributed by atoms with Crippen LogP contribution in [-0.4, -0.2) is 54.8 Å². The van der Waals surface area contributed by atoms with E-state index in [1.807, 2.05) is 48.5 Å². The van der Waals surface area contributed by atoms with Crippen LogP contribution in [0.25, 0.3) is 11.1 Å². The smallest absolute Gasteiger partial charge is 0.407 e. The Morgan fingerprint density at radius 1 is 1.00 bits per heavy atom. The highest BCUT2D eigenvalue weighted by molar-refractivity contribution is 6.00. The number of alkyl carbamates (subject to hydrolysis) is 1. The van der Waals surface area contributed by atoms with E-state index in [1.54, 1.807) is 37.3 Å². The minimum absolute atomic E-state index is 0.0503. The van der Waals surface area contributed by atoms with Gasteiger partial charge in [-0.05, 0) is 34.4 Å². The highest BCUT2D eigenvalue weighted by Gasteiger charge is 2.30. The summed E-state index contributed by atoms with van der Waals surface area (Å²) in [4.78, 5) is 42.8. The molecule has 180 valence electrons. The number of hydrogen-bond acceptors (Lipinski definition) is 6. The van der Waals surface area contributed by atoms with Gasteiger partial charge >= 0.3 is 12.1 Å². The van der Waals surface area contributed by atoms with Gasteiger partial charge in [-0.15, -0.1) is 0 Å². The van der Waals surface area contributed by atoms with Gasteiger partial charge in [0.05, 0.1) is 12.1 Å². The van der Waals surface area contributed by atoms with Crippen LogP contribution in [-0.2, 0) is 14.3 Å². The van der Waals surface area contributed by atoms with Crippen molar-refractivity contribution < 1.29 is 24.2 Å². The Bertz CT molecular complexity index is 1210. The minimum Gasteiger partial charge on any atom is -0.481 e. The van der Waals surface area contributed by atoms with Gasteiger partial charge < -0.3 is 25.4 Å². The van der Waals surface area contributed by atoms with E-state index in [4.69, 9.17) is 4.74 Å². The number of carboxylic acids is 1. The van der Waals surface area contributed by atoms with E-state index in [0.29, 0.717) is 11.5 Å². The van der Waals surface area contributed by atoms with E-state index in [9.17, 15) is 19.5 Å². The lowest BCUT2D eigenvalue weighted by Gasteiger charge is -2.20. The molecular weight excluding hydrogens is 448 g/mol. The molecule has 9 nitrogen and oxygen atoms in total. The Labute approximate surface area is 202 Å². The van der Waals surface area contributed by atoms with Crippen molar-refractivity contribution in [2.24, 2.45) is 0 Å². The molecule has 0 radical (unpaired) electrons. The van der Waals surface area contributed by atoms with Crippen molar-refractivity contribution in [3.63, 3.8) is 0 Å². The van der Waals surface area contributed by atoms with Gasteiger partial charge in [-0.25, -0.2) is 9.78 Å². The monoisotopic (exact) mass is 474 g/mol. The molecule has 35 heavy (non-hydrogen) atoms. The van der Waals surface area contributed by atoms with Crippen LogP contribution < -0.4 is 15.5 Å². The molecule has 2 aromatic carbocycles. The zero-order valence-corrected chi connectivity index (χ0v) is 19.4. The predicted molar refractivity (Wildman–Crippen MR) is 131 cm³/mol. The number of nitrogens with one attached hydrogen (secondary N) is 2. The molecule has 1 aliphatic carbocycles. The molecule has 0 fully saturated rings. The van der Waals surface area contributed by atoms with Crippen LogP contribution in [0.15, 0.2) is 66.9 Å². The number of aliphatic carboxylic acids is 1. The Kier molecular flexibility index (Phi) is 6.96. The number of carboxylic acid groups (broad SMARTS) is 1. The maximum atomic E-state index is 12.9.